The summed E-state index contributed by atoms with van der Waals surface area (Å²) >= 11 is 6.03. The van der Waals surface area contributed by atoms with Crippen molar-refractivity contribution in [1.29, 1.82) is 5.26 Å². The molecule has 172 valence electrons. The van der Waals surface area contributed by atoms with Gasteiger partial charge in [-0.1, -0.05) is 66.2 Å². The molecule has 0 saturated carbocycles. The Balaban J connectivity index is 1.70. The smallest absolute Gasteiger partial charge is 0.273 e. The van der Waals surface area contributed by atoms with E-state index in [1.165, 1.54) is 16.7 Å². The minimum absolute atomic E-state index is 0.0663. The molecule has 0 fully saturated rings. The molecule has 2 heterocycles. The SMILES string of the molecule is Cn1c(N2N=C(c3ccccc3)CC2c2ccc(F)cc2)nc(-c2ccc(Cl)cc2)c(C#N)c1=O. The number of hydrogen-bond donors (Lipinski definition) is 0. The molecule has 8 heteroatoms. The van der Waals surface area contributed by atoms with Gasteiger partial charge in [-0.2, -0.15) is 10.4 Å². The van der Waals surface area contributed by atoms with Crippen molar-refractivity contribution in [2.75, 3.05) is 5.01 Å². The van der Waals surface area contributed by atoms with Crippen LogP contribution in [0, 0.1) is 17.1 Å². The summed E-state index contributed by atoms with van der Waals surface area (Å²) in [6, 6.07) is 24.4. The quantitative estimate of drug-likeness (QED) is 0.386. The molecule has 0 aliphatic carbocycles. The molecular formula is C27H19ClFN5O. The lowest BCUT2D eigenvalue weighted by Crippen LogP contribution is -2.31. The number of hydrazone groups is 1. The van der Waals surface area contributed by atoms with Crippen LogP contribution in [0.3, 0.4) is 0 Å². The van der Waals surface area contributed by atoms with Gasteiger partial charge in [0, 0.05) is 24.1 Å². The van der Waals surface area contributed by atoms with Crippen molar-refractivity contribution in [3.05, 3.63) is 117 Å². The molecule has 0 N–H and O–H groups in total. The molecule has 6 nitrogen and oxygen atoms in total. The molecule has 1 aliphatic rings. The topological polar surface area (TPSA) is 74.3 Å². The summed E-state index contributed by atoms with van der Waals surface area (Å²) in [4.78, 5) is 18.0. The number of nitrogens with zero attached hydrogens (tertiary/aromatic N) is 5. The molecule has 1 unspecified atom stereocenters. The van der Waals surface area contributed by atoms with E-state index in [2.05, 4.69) is 0 Å². The van der Waals surface area contributed by atoms with Crippen molar-refractivity contribution < 1.29 is 4.39 Å². The zero-order valence-corrected chi connectivity index (χ0v) is 19.4. The van der Waals surface area contributed by atoms with Crippen LogP contribution in [0.15, 0.2) is 88.8 Å². The van der Waals surface area contributed by atoms with Crippen LogP contribution in [0.1, 0.15) is 29.2 Å². The third kappa shape index (κ3) is 4.20. The molecular weight excluding hydrogens is 465 g/mol. The first-order valence-electron chi connectivity index (χ1n) is 10.9. The fourth-order valence-electron chi connectivity index (χ4n) is 4.16. The molecule has 0 amide bonds. The lowest BCUT2D eigenvalue weighted by Gasteiger charge is -2.25. The van der Waals surface area contributed by atoms with Gasteiger partial charge in [0.1, 0.15) is 17.4 Å². The number of hydrogen-bond acceptors (Lipinski definition) is 5. The highest BCUT2D eigenvalue weighted by Gasteiger charge is 2.33. The molecule has 5 rings (SSSR count). The van der Waals surface area contributed by atoms with Crippen LogP contribution in [0.2, 0.25) is 5.02 Å². The zero-order valence-electron chi connectivity index (χ0n) is 18.7. The molecule has 0 radical (unpaired) electrons. The van der Waals surface area contributed by atoms with E-state index in [1.807, 2.05) is 36.4 Å². The van der Waals surface area contributed by atoms with Gasteiger partial charge >= 0.3 is 0 Å². The van der Waals surface area contributed by atoms with E-state index in [0.717, 1.165) is 16.8 Å². The number of benzene rings is 3. The van der Waals surface area contributed by atoms with Crippen LogP contribution in [-0.4, -0.2) is 15.3 Å². The van der Waals surface area contributed by atoms with E-state index in [4.69, 9.17) is 21.7 Å². The van der Waals surface area contributed by atoms with Crippen molar-refractivity contribution in [1.82, 2.24) is 9.55 Å². The van der Waals surface area contributed by atoms with Gasteiger partial charge in [0.25, 0.3) is 5.56 Å². The largest absolute Gasteiger partial charge is 0.279 e. The fourth-order valence-corrected chi connectivity index (χ4v) is 4.28. The Morgan fingerprint density at radius 2 is 1.69 bits per heavy atom. The van der Waals surface area contributed by atoms with Crippen LogP contribution < -0.4 is 10.6 Å². The first kappa shape index (κ1) is 22.5. The summed E-state index contributed by atoms with van der Waals surface area (Å²) in [7, 11) is 1.56. The van der Waals surface area contributed by atoms with Crippen LogP contribution in [0.4, 0.5) is 10.3 Å². The third-order valence-corrected chi connectivity index (χ3v) is 6.23. The predicted octanol–water partition coefficient (Wildman–Crippen LogP) is 5.47. The second kappa shape index (κ2) is 9.16. The second-order valence-electron chi connectivity index (χ2n) is 8.15. The Morgan fingerprint density at radius 3 is 2.34 bits per heavy atom. The molecule has 3 aromatic carbocycles. The van der Waals surface area contributed by atoms with Crippen LogP contribution >= 0.6 is 11.6 Å². The van der Waals surface area contributed by atoms with Crippen molar-refractivity contribution >= 4 is 23.3 Å². The summed E-state index contributed by atoms with van der Waals surface area (Å²) < 4.78 is 15.0. The third-order valence-electron chi connectivity index (χ3n) is 5.97. The van der Waals surface area contributed by atoms with Crippen LogP contribution in [0.25, 0.3) is 11.3 Å². The summed E-state index contributed by atoms with van der Waals surface area (Å²) in [5.74, 6) is -0.0596. The number of rotatable bonds is 4. The number of nitriles is 1. The minimum Gasteiger partial charge on any atom is -0.279 e. The lowest BCUT2D eigenvalue weighted by molar-refractivity contribution is 0.620. The Labute approximate surface area is 206 Å². The molecule has 4 aromatic rings. The Kier molecular flexibility index (Phi) is 5.89. The van der Waals surface area contributed by atoms with E-state index in [0.29, 0.717) is 17.0 Å². The first-order chi connectivity index (χ1) is 17.0. The Bertz CT molecular complexity index is 1520. The highest BCUT2D eigenvalue weighted by atomic mass is 35.5. The summed E-state index contributed by atoms with van der Waals surface area (Å²) in [6.07, 6.45) is 0.530. The van der Waals surface area contributed by atoms with Gasteiger partial charge in [-0.05, 0) is 35.4 Å². The molecule has 0 spiro atoms. The van der Waals surface area contributed by atoms with E-state index in [9.17, 15) is 14.4 Å². The molecule has 35 heavy (non-hydrogen) atoms. The molecule has 0 bridgehead atoms. The van der Waals surface area contributed by atoms with Crippen molar-refractivity contribution in [3.63, 3.8) is 0 Å². The van der Waals surface area contributed by atoms with Crippen molar-refractivity contribution in [2.24, 2.45) is 12.1 Å². The monoisotopic (exact) mass is 483 g/mol. The van der Waals surface area contributed by atoms with Crippen LogP contribution in [0.5, 0.6) is 0 Å². The summed E-state index contributed by atoms with van der Waals surface area (Å²) in [5, 5.41) is 16.8. The van der Waals surface area contributed by atoms with Gasteiger partial charge < -0.3 is 0 Å². The van der Waals surface area contributed by atoms with Crippen LogP contribution in [-0.2, 0) is 7.05 Å². The maximum atomic E-state index is 13.7. The zero-order chi connectivity index (χ0) is 24.5. The number of anilines is 1. The number of aromatic nitrogens is 2. The number of halogens is 2. The Morgan fingerprint density at radius 1 is 1.00 bits per heavy atom. The normalized spacial score (nSPS) is 15.1. The highest BCUT2D eigenvalue weighted by molar-refractivity contribution is 6.30. The standard InChI is InChI=1S/C27H19ClFN5O/c1-33-26(35)22(16-30)25(19-7-11-20(28)12-8-19)31-27(33)34-24(18-9-13-21(29)14-10-18)15-23(32-34)17-5-3-2-4-6-17/h2-14,24H,15H2,1H3. The van der Waals surface area contributed by atoms with Gasteiger partial charge in [0.05, 0.1) is 17.4 Å². The summed E-state index contributed by atoms with van der Waals surface area (Å²) in [5.41, 5.74) is 2.88. The Hall–Kier alpha value is -4.28. The fraction of sp³-hybridized carbons (Fsp3) is 0.111. The highest BCUT2D eigenvalue weighted by Crippen LogP contribution is 2.36. The van der Waals surface area contributed by atoms with Gasteiger partial charge in [-0.3, -0.25) is 9.36 Å². The molecule has 1 aromatic heterocycles. The average Bonchev–Trinajstić information content (AvgIpc) is 3.32. The molecule has 0 saturated heterocycles. The van der Waals surface area contributed by atoms with E-state index in [-0.39, 0.29) is 29.1 Å². The lowest BCUT2D eigenvalue weighted by atomic mass is 9.98. The van der Waals surface area contributed by atoms with Gasteiger partial charge in [-0.15, -0.1) is 0 Å². The van der Waals surface area contributed by atoms with Gasteiger partial charge in [0.2, 0.25) is 5.95 Å². The summed E-state index contributed by atoms with van der Waals surface area (Å²) in [6.45, 7) is 0. The van der Waals surface area contributed by atoms with Crippen molar-refractivity contribution in [2.45, 2.75) is 12.5 Å². The first-order valence-corrected chi connectivity index (χ1v) is 11.3. The predicted molar refractivity (Wildman–Crippen MR) is 134 cm³/mol. The average molecular weight is 484 g/mol. The van der Waals surface area contributed by atoms with Gasteiger partial charge in [-0.25, -0.2) is 14.4 Å². The van der Waals surface area contributed by atoms with Gasteiger partial charge in [0.15, 0.2) is 0 Å². The van der Waals surface area contributed by atoms with E-state index < -0.39 is 5.56 Å². The molecule has 1 aliphatic heterocycles. The maximum absolute atomic E-state index is 13.7. The molecule has 1 atom stereocenters. The van der Waals surface area contributed by atoms with E-state index in [1.54, 1.807) is 48.5 Å². The van der Waals surface area contributed by atoms with E-state index >= 15 is 0 Å². The van der Waals surface area contributed by atoms with Crippen molar-refractivity contribution in [3.8, 4) is 17.3 Å². The maximum Gasteiger partial charge on any atom is 0.273 e. The minimum atomic E-state index is -0.483. The second-order valence-corrected chi connectivity index (χ2v) is 8.58.